The van der Waals surface area contributed by atoms with E-state index >= 15 is 0 Å². The summed E-state index contributed by atoms with van der Waals surface area (Å²) in [5, 5.41) is 4.69. The second-order valence-corrected chi connectivity index (χ2v) is 7.31. The molecule has 0 N–H and O–H groups in total. The Hall–Kier alpha value is -3.59. The number of ether oxygens (including phenoxy) is 3. The Morgan fingerprint density at radius 3 is 2.90 bits per heavy atom. The number of aromatic nitrogens is 3. The van der Waals surface area contributed by atoms with Crippen LogP contribution in [0.1, 0.15) is 21.1 Å². The molecular formula is C20H15N3O5S. The number of benzene rings is 1. The molecule has 5 rings (SSSR count). The molecule has 8 nitrogen and oxygen atoms in total. The SMILES string of the molecule is Cc1nc(-n2cccc2)sc1C(=O)OCc1cc(-c2ccc3c(c2)OCO3)on1. The third-order valence-electron chi connectivity index (χ3n) is 4.36. The van der Waals surface area contributed by atoms with Crippen LogP contribution in [0.4, 0.5) is 0 Å². The van der Waals surface area contributed by atoms with Crippen LogP contribution in [0.2, 0.25) is 0 Å². The maximum atomic E-state index is 12.5. The van der Waals surface area contributed by atoms with E-state index in [0.717, 1.165) is 5.56 Å². The van der Waals surface area contributed by atoms with Crippen LogP contribution in [0.3, 0.4) is 0 Å². The fourth-order valence-corrected chi connectivity index (χ4v) is 3.84. The highest BCUT2D eigenvalue weighted by atomic mass is 32.1. The Kier molecular flexibility index (Phi) is 4.28. The fourth-order valence-electron chi connectivity index (χ4n) is 2.91. The molecule has 0 saturated carbocycles. The Balaban J connectivity index is 1.27. The van der Waals surface area contributed by atoms with E-state index in [1.165, 1.54) is 11.3 Å². The van der Waals surface area contributed by atoms with Crippen LogP contribution in [0, 0.1) is 6.92 Å². The Morgan fingerprint density at radius 2 is 2.03 bits per heavy atom. The molecule has 4 aromatic rings. The maximum absolute atomic E-state index is 12.5. The van der Waals surface area contributed by atoms with Gasteiger partial charge < -0.3 is 23.3 Å². The number of thiazole rings is 1. The van der Waals surface area contributed by atoms with E-state index in [1.54, 1.807) is 13.0 Å². The van der Waals surface area contributed by atoms with Crippen molar-refractivity contribution in [3.63, 3.8) is 0 Å². The highest BCUT2D eigenvalue weighted by Gasteiger charge is 2.19. The van der Waals surface area contributed by atoms with Gasteiger partial charge in [-0.15, -0.1) is 0 Å². The maximum Gasteiger partial charge on any atom is 0.350 e. The first-order valence-corrected chi connectivity index (χ1v) is 9.62. The van der Waals surface area contributed by atoms with Gasteiger partial charge in [-0.05, 0) is 37.3 Å². The largest absolute Gasteiger partial charge is 0.455 e. The van der Waals surface area contributed by atoms with Crippen molar-refractivity contribution in [2.75, 3.05) is 6.79 Å². The van der Waals surface area contributed by atoms with E-state index in [1.807, 2.05) is 47.3 Å². The minimum atomic E-state index is -0.439. The first-order valence-electron chi connectivity index (χ1n) is 8.81. The smallest absolute Gasteiger partial charge is 0.350 e. The van der Waals surface area contributed by atoms with Crippen molar-refractivity contribution in [3.8, 4) is 28.0 Å². The number of hydrogen-bond donors (Lipinski definition) is 0. The van der Waals surface area contributed by atoms with E-state index in [4.69, 9.17) is 18.7 Å². The number of nitrogens with zero attached hydrogens (tertiary/aromatic N) is 3. The molecule has 0 radical (unpaired) electrons. The number of carbonyl (C=O) groups is 1. The summed E-state index contributed by atoms with van der Waals surface area (Å²) in [6.45, 7) is 2.00. The minimum absolute atomic E-state index is 0.00305. The average Bonchev–Trinajstić information content (AvgIpc) is 3.52. The number of rotatable bonds is 5. The molecule has 0 atom stereocenters. The summed E-state index contributed by atoms with van der Waals surface area (Å²) >= 11 is 1.28. The average molecular weight is 409 g/mol. The lowest BCUT2D eigenvalue weighted by Crippen LogP contribution is -2.05. The van der Waals surface area contributed by atoms with Gasteiger partial charge in [0.25, 0.3) is 0 Å². The molecule has 4 heterocycles. The lowest BCUT2D eigenvalue weighted by Gasteiger charge is -2.00. The number of fused-ring (bicyclic) bond motifs is 1. The van der Waals surface area contributed by atoms with Crippen LogP contribution in [0.5, 0.6) is 11.5 Å². The lowest BCUT2D eigenvalue weighted by atomic mass is 10.1. The number of aryl methyl sites for hydroxylation is 1. The van der Waals surface area contributed by atoms with E-state index < -0.39 is 5.97 Å². The van der Waals surface area contributed by atoms with Crippen molar-refractivity contribution >= 4 is 17.3 Å². The third kappa shape index (κ3) is 3.36. The predicted octanol–water partition coefficient (Wildman–Crippen LogP) is 3.98. The molecule has 0 saturated heterocycles. The minimum Gasteiger partial charge on any atom is -0.455 e. The van der Waals surface area contributed by atoms with Gasteiger partial charge in [0.15, 0.2) is 22.4 Å². The van der Waals surface area contributed by atoms with Crippen LogP contribution in [-0.4, -0.2) is 27.5 Å². The quantitative estimate of drug-likeness (QED) is 0.461. The molecule has 9 heteroatoms. The lowest BCUT2D eigenvalue weighted by molar-refractivity contribution is 0.0469. The summed E-state index contributed by atoms with van der Waals surface area (Å²) in [5.41, 5.74) is 1.94. The first kappa shape index (κ1) is 17.5. The van der Waals surface area contributed by atoms with Crippen molar-refractivity contribution < 1.29 is 23.5 Å². The van der Waals surface area contributed by atoms with Crippen LogP contribution < -0.4 is 9.47 Å². The normalized spacial score (nSPS) is 12.3. The second kappa shape index (κ2) is 7.10. The Labute approximate surface area is 169 Å². The molecule has 1 aliphatic heterocycles. The van der Waals surface area contributed by atoms with Gasteiger partial charge in [0.1, 0.15) is 17.2 Å². The van der Waals surface area contributed by atoms with Crippen molar-refractivity contribution in [1.29, 1.82) is 0 Å². The monoisotopic (exact) mass is 409 g/mol. The van der Waals surface area contributed by atoms with Crippen LogP contribution in [-0.2, 0) is 11.3 Å². The van der Waals surface area contributed by atoms with Crippen molar-refractivity contribution in [3.05, 3.63) is 65.1 Å². The van der Waals surface area contributed by atoms with Gasteiger partial charge >= 0.3 is 5.97 Å². The number of hydrogen-bond acceptors (Lipinski definition) is 8. The molecule has 3 aromatic heterocycles. The molecule has 146 valence electrons. The van der Waals surface area contributed by atoms with E-state index in [9.17, 15) is 4.79 Å². The molecule has 0 unspecified atom stereocenters. The summed E-state index contributed by atoms with van der Waals surface area (Å²) in [5.74, 6) is 1.47. The van der Waals surface area contributed by atoms with Gasteiger partial charge in [0, 0.05) is 24.0 Å². The summed E-state index contributed by atoms with van der Waals surface area (Å²) < 4.78 is 23.3. The Morgan fingerprint density at radius 1 is 1.21 bits per heavy atom. The zero-order valence-corrected chi connectivity index (χ0v) is 16.1. The summed E-state index contributed by atoms with van der Waals surface area (Å²) in [6, 6.07) is 11.0. The van der Waals surface area contributed by atoms with Gasteiger partial charge in [-0.3, -0.25) is 0 Å². The van der Waals surface area contributed by atoms with E-state index in [2.05, 4.69) is 10.1 Å². The molecule has 0 bridgehead atoms. The zero-order valence-electron chi connectivity index (χ0n) is 15.3. The summed E-state index contributed by atoms with van der Waals surface area (Å²) in [4.78, 5) is 17.4. The Bertz CT molecular complexity index is 1180. The highest BCUT2D eigenvalue weighted by molar-refractivity contribution is 7.16. The van der Waals surface area contributed by atoms with Gasteiger partial charge in [0.05, 0.1) is 5.69 Å². The van der Waals surface area contributed by atoms with Crippen LogP contribution >= 0.6 is 11.3 Å². The van der Waals surface area contributed by atoms with E-state index in [-0.39, 0.29) is 13.4 Å². The van der Waals surface area contributed by atoms with Crippen molar-refractivity contribution in [1.82, 2.24) is 14.7 Å². The predicted molar refractivity (Wildman–Crippen MR) is 103 cm³/mol. The number of esters is 1. The van der Waals surface area contributed by atoms with Crippen LogP contribution in [0.25, 0.3) is 16.5 Å². The fraction of sp³-hybridized carbons (Fsp3) is 0.150. The van der Waals surface area contributed by atoms with Crippen molar-refractivity contribution in [2.24, 2.45) is 0 Å². The molecule has 1 aromatic carbocycles. The molecule has 0 fully saturated rings. The topological polar surface area (TPSA) is 88.6 Å². The third-order valence-corrected chi connectivity index (χ3v) is 5.51. The summed E-state index contributed by atoms with van der Waals surface area (Å²) in [7, 11) is 0. The second-order valence-electron chi connectivity index (χ2n) is 6.33. The van der Waals surface area contributed by atoms with E-state index in [0.29, 0.717) is 38.7 Å². The van der Waals surface area contributed by atoms with Gasteiger partial charge in [-0.2, -0.15) is 0 Å². The van der Waals surface area contributed by atoms with Crippen LogP contribution in [0.15, 0.2) is 53.3 Å². The molecule has 0 aliphatic carbocycles. The standard InChI is InChI=1S/C20H15N3O5S/c1-12-18(29-20(21-12)23-6-2-3-7-23)19(24)25-10-14-9-16(28-22-14)13-4-5-15-17(8-13)27-11-26-15/h2-9H,10-11H2,1H3. The van der Waals surface area contributed by atoms with Gasteiger partial charge in [-0.25, -0.2) is 9.78 Å². The zero-order chi connectivity index (χ0) is 19.8. The molecule has 0 amide bonds. The summed E-state index contributed by atoms with van der Waals surface area (Å²) in [6.07, 6.45) is 3.75. The van der Waals surface area contributed by atoms with Gasteiger partial charge in [0.2, 0.25) is 6.79 Å². The molecule has 29 heavy (non-hydrogen) atoms. The van der Waals surface area contributed by atoms with Gasteiger partial charge in [-0.1, -0.05) is 16.5 Å². The highest BCUT2D eigenvalue weighted by Crippen LogP contribution is 2.36. The first-order chi connectivity index (χ1) is 14.2. The molecule has 0 spiro atoms. The van der Waals surface area contributed by atoms with Crippen molar-refractivity contribution in [2.45, 2.75) is 13.5 Å². The number of carbonyl (C=O) groups excluding carboxylic acids is 1. The molecule has 1 aliphatic rings. The molecular weight excluding hydrogens is 394 g/mol.